The molecule has 2 aliphatic rings. The molecule has 0 amide bonds. The van der Waals surface area contributed by atoms with Crippen molar-refractivity contribution in [3.63, 3.8) is 0 Å². The zero-order chi connectivity index (χ0) is 20.4. The molecule has 1 aromatic carbocycles. The monoisotopic (exact) mass is 405 g/mol. The molecule has 0 spiro atoms. The fraction of sp³-hybridized carbons (Fsp3) is 0.429. The predicted molar refractivity (Wildman–Crippen MR) is 106 cm³/mol. The minimum atomic E-state index is -0.617. The number of rotatable bonds is 5. The minimum Gasteiger partial charge on any atom is -0.493 e. The van der Waals surface area contributed by atoms with Crippen molar-refractivity contribution in [3.05, 3.63) is 45.3 Å². The summed E-state index contributed by atoms with van der Waals surface area (Å²) in [5.41, 5.74) is 3.08. The molecule has 1 heterocycles. The number of ketones is 1. The third-order valence-electron chi connectivity index (χ3n) is 5.07. The first-order valence-corrected chi connectivity index (χ1v) is 9.63. The number of hydrogen-bond donors (Lipinski definition) is 1. The number of methoxy groups -OCH3 is 2. The Balaban J connectivity index is 2.25. The van der Waals surface area contributed by atoms with E-state index in [1.807, 2.05) is 13.8 Å². The topological polar surface area (TPSA) is 73.9 Å². The molecule has 28 heavy (non-hydrogen) atoms. The van der Waals surface area contributed by atoms with Gasteiger partial charge in [-0.1, -0.05) is 11.6 Å². The van der Waals surface area contributed by atoms with Gasteiger partial charge in [0.1, 0.15) is 0 Å². The molecule has 1 aromatic rings. The van der Waals surface area contributed by atoms with Crippen molar-refractivity contribution in [1.29, 1.82) is 0 Å². The van der Waals surface area contributed by atoms with Crippen LogP contribution < -0.4 is 14.8 Å². The Morgan fingerprint density at radius 2 is 2.00 bits per heavy atom. The van der Waals surface area contributed by atoms with Crippen LogP contribution in [-0.2, 0) is 14.3 Å². The molecule has 0 radical (unpaired) electrons. The van der Waals surface area contributed by atoms with Crippen LogP contribution in [0.15, 0.2) is 34.7 Å². The fourth-order valence-electron chi connectivity index (χ4n) is 3.87. The number of dihydropyridines is 1. The summed E-state index contributed by atoms with van der Waals surface area (Å²) in [5.74, 6) is -0.0967. The van der Waals surface area contributed by atoms with Crippen molar-refractivity contribution in [1.82, 2.24) is 5.32 Å². The van der Waals surface area contributed by atoms with Crippen molar-refractivity contribution in [2.24, 2.45) is 0 Å². The number of esters is 1. The summed E-state index contributed by atoms with van der Waals surface area (Å²) >= 11 is 6.59. The second kappa shape index (κ2) is 8.27. The maximum atomic E-state index is 12.8. The molecule has 1 aliphatic heterocycles. The molecule has 6 nitrogen and oxygen atoms in total. The first kappa shape index (κ1) is 20.3. The van der Waals surface area contributed by atoms with E-state index in [1.165, 1.54) is 14.2 Å². The van der Waals surface area contributed by atoms with Gasteiger partial charge in [-0.2, -0.15) is 0 Å². The molecule has 0 fully saturated rings. The summed E-state index contributed by atoms with van der Waals surface area (Å²) in [6.07, 6.45) is 1.96. The second-order valence-corrected chi connectivity index (χ2v) is 7.12. The van der Waals surface area contributed by atoms with Gasteiger partial charge in [0.15, 0.2) is 17.3 Å². The van der Waals surface area contributed by atoms with Gasteiger partial charge in [-0.05, 0) is 38.3 Å². The molecule has 150 valence electrons. The zero-order valence-corrected chi connectivity index (χ0v) is 17.2. The third kappa shape index (κ3) is 3.49. The highest BCUT2D eigenvalue weighted by atomic mass is 35.5. The van der Waals surface area contributed by atoms with Gasteiger partial charge in [0.05, 0.1) is 26.4 Å². The standard InChI is InChI=1S/C21H24ClNO5/c1-5-28-17-9-12(13(22)10-16(17)26-3)19-18(21(25)27-4)11(2)23-14-7-6-8-15(24)20(14)19/h9-10,19,23H,5-8H2,1-4H3/t19-/m1/s1. The van der Waals surface area contributed by atoms with Gasteiger partial charge >= 0.3 is 5.97 Å². The van der Waals surface area contributed by atoms with E-state index < -0.39 is 11.9 Å². The Bertz CT molecular complexity index is 887. The second-order valence-electron chi connectivity index (χ2n) is 6.71. The lowest BCUT2D eigenvalue weighted by atomic mass is 9.75. The van der Waals surface area contributed by atoms with E-state index in [1.54, 1.807) is 12.1 Å². The largest absolute Gasteiger partial charge is 0.493 e. The number of carbonyl (C=O) groups is 2. The average Bonchev–Trinajstić information content (AvgIpc) is 2.67. The van der Waals surface area contributed by atoms with Crippen molar-refractivity contribution in [2.75, 3.05) is 20.8 Å². The lowest BCUT2D eigenvalue weighted by molar-refractivity contribution is -0.136. The molecule has 3 rings (SSSR count). The van der Waals surface area contributed by atoms with E-state index in [0.717, 1.165) is 18.5 Å². The predicted octanol–water partition coefficient (Wildman–Crippen LogP) is 3.89. The molecule has 1 aliphatic carbocycles. The normalized spacial score (nSPS) is 19.2. The van der Waals surface area contributed by atoms with Gasteiger partial charge in [0.2, 0.25) is 0 Å². The number of Topliss-reactive ketones (excluding diaryl/α,β-unsaturated/α-hetero) is 1. The van der Waals surface area contributed by atoms with Crippen LogP contribution in [0.2, 0.25) is 5.02 Å². The van der Waals surface area contributed by atoms with Gasteiger partial charge in [0, 0.05) is 40.4 Å². The van der Waals surface area contributed by atoms with Crippen LogP contribution in [0.4, 0.5) is 0 Å². The molecular weight excluding hydrogens is 382 g/mol. The van der Waals surface area contributed by atoms with Crippen LogP contribution in [0, 0.1) is 0 Å². The van der Waals surface area contributed by atoms with Crippen molar-refractivity contribution in [2.45, 2.75) is 39.0 Å². The summed E-state index contributed by atoms with van der Waals surface area (Å²) < 4.78 is 16.1. The van der Waals surface area contributed by atoms with Gasteiger partial charge in [-0.3, -0.25) is 4.79 Å². The first-order valence-electron chi connectivity index (χ1n) is 9.25. The number of benzene rings is 1. The third-order valence-corrected chi connectivity index (χ3v) is 5.40. The Morgan fingerprint density at radius 3 is 2.64 bits per heavy atom. The number of nitrogens with one attached hydrogen (secondary N) is 1. The molecule has 0 aromatic heterocycles. The Kier molecular flexibility index (Phi) is 5.98. The molecule has 0 saturated carbocycles. The number of ether oxygens (including phenoxy) is 3. The molecule has 0 bridgehead atoms. The van der Waals surface area contributed by atoms with Gasteiger partial charge in [-0.25, -0.2) is 4.79 Å². The molecule has 7 heteroatoms. The summed E-state index contributed by atoms with van der Waals surface area (Å²) in [7, 11) is 2.86. The number of hydrogen-bond acceptors (Lipinski definition) is 6. The summed E-state index contributed by atoms with van der Waals surface area (Å²) in [6, 6.07) is 3.41. The Morgan fingerprint density at radius 1 is 1.25 bits per heavy atom. The number of carbonyl (C=O) groups excluding carboxylic acids is 2. The summed E-state index contributed by atoms with van der Waals surface area (Å²) in [5, 5.41) is 3.63. The average molecular weight is 406 g/mol. The van der Waals surface area contributed by atoms with Gasteiger partial charge < -0.3 is 19.5 Å². The van der Waals surface area contributed by atoms with Crippen molar-refractivity contribution < 1.29 is 23.8 Å². The lowest BCUT2D eigenvalue weighted by Crippen LogP contribution is -2.34. The van der Waals surface area contributed by atoms with Crippen LogP contribution in [0.3, 0.4) is 0 Å². The minimum absolute atomic E-state index is 0.0116. The van der Waals surface area contributed by atoms with Crippen molar-refractivity contribution in [3.8, 4) is 11.5 Å². The molecule has 1 N–H and O–H groups in total. The van der Waals surface area contributed by atoms with Crippen LogP contribution in [0.1, 0.15) is 44.6 Å². The molecule has 0 saturated heterocycles. The summed E-state index contributed by atoms with van der Waals surface area (Å²) in [6.45, 7) is 4.12. The maximum Gasteiger partial charge on any atom is 0.336 e. The van der Waals surface area contributed by atoms with Crippen molar-refractivity contribution >= 4 is 23.4 Å². The van der Waals surface area contributed by atoms with E-state index >= 15 is 0 Å². The van der Waals surface area contributed by atoms with E-state index in [9.17, 15) is 9.59 Å². The maximum absolute atomic E-state index is 12.8. The highest BCUT2D eigenvalue weighted by molar-refractivity contribution is 6.32. The van der Waals surface area contributed by atoms with E-state index in [0.29, 0.717) is 52.0 Å². The highest BCUT2D eigenvalue weighted by Crippen LogP contribution is 2.47. The van der Waals surface area contributed by atoms with Crippen LogP contribution in [0.25, 0.3) is 0 Å². The number of halogens is 1. The van der Waals surface area contributed by atoms with E-state index in [4.69, 9.17) is 25.8 Å². The highest BCUT2D eigenvalue weighted by Gasteiger charge is 2.40. The smallest absolute Gasteiger partial charge is 0.336 e. The Labute approximate surface area is 169 Å². The first-order chi connectivity index (χ1) is 13.4. The molecule has 0 unspecified atom stereocenters. The van der Waals surface area contributed by atoms with Crippen LogP contribution in [0.5, 0.6) is 11.5 Å². The fourth-order valence-corrected chi connectivity index (χ4v) is 4.14. The quantitative estimate of drug-likeness (QED) is 0.749. The van der Waals surface area contributed by atoms with E-state index in [-0.39, 0.29) is 5.78 Å². The van der Waals surface area contributed by atoms with Crippen LogP contribution in [-0.4, -0.2) is 32.6 Å². The molecular formula is C21H24ClNO5. The van der Waals surface area contributed by atoms with Gasteiger partial charge in [-0.15, -0.1) is 0 Å². The molecule has 1 atom stereocenters. The van der Waals surface area contributed by atoms with E-state index in [2.05, 4.69) is 5.32 Å². The lowest BCUT2D eigenvalue weighted by Gasteiger charge is -2.34. The number of allylic oxidation sites excluding steroid dienone is 3. The Hall–Kier alpha value is -2.47. The van der Waals surface area contributed by atoms with Gasteiger partial charge in [0.25, 0.3) is 0 Å². The zero-order valence-electron chi connectivity index (χ0n) is 16.5. The van der Waals surface area contributed by atoms with Crippen LogP contribution >= 0.6 is 11.6 Å². The SMILES string of the molecule is CCOc1cc([C@@H]2C(C(=O)OC)=C(C)NC3=C2C(=O)CCC3)c(Cl)cc1OC. The summed E-state index contributed by atoms with van der Waals surface area (Å²) in [4.78, 5) is 25.5.